The number of nitrogens with two attached hydrogens (primary N) is 2. The number of amides is 1. The number of nitrogens with zero attached hydrogens (tertiary/aromatic N) is 3. The number of carbonyl (C=O) groups excluding carboxylic acids is 1. The second kappa shape index (κ2) is 10.6. The van der Waals surface area contributed by atoms with Crippen LogP contribution in [0.25, 0.3) is 11.0 Å². The van der Waals surface area contributed by atoms with Crippen molar-refractivity contribution < 1.29 is 24.6 Å². The summed E-state index contributed by atoms with van der Waals surface area (Å²) in [5, 5.41) is 20.4. The van der Waals surface area contributed by atoms with Crippen molar-refractivity contribution >= 4 is 40.6 Å². The quantitative estimate of drug-likeness (QED) is 0.281. The van der Waals surface area contributed by atoms with Crippen molar-refractivity contribution in [3.05, 3.63) is 47.7 Å². The first kappa shape index (κ1) is 24.5. The minimum Gasteiger partial charge on any atom is -0.481 e. The van der Waals surface area contributed by atoms with Crippen LogP contribution in [0.1, 0.15) is 54.4 Å². The minimum atomic E-state index is -1.27. The van der Waals surface area contributed by atoms with Gasteiger partial charge in [0.1, 0.15) is 11.6 Å². The predicted molar refractivity (Wildman–Crippen MR) is 126 cm³/mol. The van der Waals surface area contributed by atoms with Crippen LogP contribution in [0.2, 0.25) is 0 Å². The molecule has 7 N–H and O–H groups in total. The summed E-state index contributed by atoms with van der Waals surface area (Å²) < 4.78 is 2.00. The normalized spacial score (nSPS) is 12.9. The molecule has 180 valence electrons. The number of nitrogens with one attached hydrogen (secondary N) is 1. The van der Waals surface area contributed by atoms with E-state index in [-0.39, 0.29) is 24.7 Å². The first-order chi connectivity index (χ1) is 16.2. The zero-order valence-corrected chi connectivity index (χ0v) is 18.8. The van der Waals surface area contributed by atoms with Gasteiger partial charge in [0, 0.05) is 24.7 Å². The molecule has 0 spiro atoms. The van der Waals surface area contributed by atoms with E-state index in [9.17, 15) is 19.5 Å². The van der Waals surface area contributed by atoms with Crippen molar-refractivity contribution in [2.24, 2.45) is 0 Å². The van der Waals surface area contributed by atoms with E-state index in [2.05, 4.69) is 22.2 Å². The van der Waals surface area contributed by atoms with Gasteiger partial charge in [-0.15, -0.1) is 0 Å². The fourth-order valence-corrected chi connectivity index (χ4v) is 3.92. The Morgan fingerprint density at radius 3 is 2.38 bits per heavy atom. The zero-order valence-electron chi connectivity index (χ0n) is 18.8. The summed E-state index contributed by atoms with van der Waals surface area (Å²) in [5.41, 5.74) is 14.5. The van der Waals surface area contributed by atoms with E-state index in [1.807, 2.05) is 29.0 Å². The lowest BCUT2D eigenvalue weighted by Crippen LogP contribution is -2.41. The van der Waals surface area contributed by atoms with Crippen LogP contribution in [0.4, 0.5) is 11.8 Å². The Balaban J connectivity index is 1.66. The molecule has 11 heteroatoms. The minimum absolute atomic E-state index is 0.134. The topological polar surface area (TPSA) is 186 Å². The number of carboxylic acids is 2. The molecule has 34 heavy (non-hydrogen) atoms. The molecule has 0 aliphatic rings. The summed E-state index contributed by atoms with van der Waals surface area (Å²) in [5.74, 6) is -2.28. The molecule has 2 atom stereocenters. The predicted octanol–water partition coefficient (Wildman–Crippen LogP) is 2.23. The SMILES string of the molecule is CCC(CCn1ccc2nc(N)nc(N)c21)c1ccc(C(=O)N[C@H](CCC(=O)O)C(=O)O)cc1. The lowest BCUT2D eigenvalue weighted by molar-refractivity contribution is -0.140. The molecule has 0 saturated heterocycles. The van der Waals surface area contributed by atoms with E-state index in [0.717, 1.165) is 23.9 Å². The summed E-state index contributed by atoms with van der Waals surface area (Å²) in [7, 11) is 0. The van der Waals surface area contributed by atoms with Crippen molar-refractivity contribution in [2.45, 2.75) is 51.1 Å². The fourth-order valence-electron chi connectivity index (χ4n) is 3.92. The van der Waals surface area contributed by atoms with E-state index in [1.165, 1.54) is 0 Å². The molecule has 0 bridgehead atoms. The summed E-state index contributed by atoms with van der Waals surface area (Å²) >= 11 is 0. The van der Waals surface area contributed by atoms with Crippen molar-refractivity contribution in [1.29, 1.82) is 0 Å². The Bertz CT molecular complexity index is 1190. The Morgan fingerprint density at radius 1 is 1.06 bits per heavy atom. The van der Waals surface area contributed by atoms with Crippen LogP contribution < -0.4 is 16.8 Å². The molecule has 0 fully saturated rings. The van der Waals surface area contributed by atoms with Gasteiger partial charge in [0.25, 0.3) is 5.91 Å². The average molecular weight is 469 g/mol. The second-order valence-electron chi connectivity index (χ2n) is 8.02. The third-order valence-corrected chi connectivity index (χ3v) is 5.76. The molecule has 0 radical (unpaired) electrons. The molecule has 1 unspecified atom stereocenters. The smallest absolute Gasteiger partial charge is 0.326 e. The van der Waals surface area contributed by atoms with Gasteiger partial charge in [0.05, 0.1) is 5.52 Å². The third-order valence-electron chi connectivity index (χ3n) is 5.76. The van der Waals surface area contributed by atoms with E-state index in [1.54, 1.807) is 12.1 Å². The number of hydrogen-bond donors (Lipinski definition) is 5. The Morgan fingerprint density at radius 2 is 1.76 bits per heavy atom. The molecule has 0 aliphatic carbocycles. The molecule has 3 rings (SSSR count). The van der Waals surface area contributed by atoms with Gasteiger partial charge in [-0.3, -0.25) is 9.59 Å². The van der Waals surface area contributed by atoms with Crippen LogP contribution in [0.5, 0.6) is 0 Å². The number of rotatable bonds is 11. The fraction of sp³-hybridized carbons (Fsp3) is 0.348. The first-order valence-corrected chi connectivity index (χ1v) is 10.9. The number of benzene rings is 1. The standard InChI is InChI=1S/C23H28N6O5/c1-2-13(9-11-29-12-10-16-19(29)20(24)28-23(25)27-16)14-3-5-15(6-4-14)21(32)26-17(22(33)34)7-8-18(30)31/h3-6,10,12-13,17H,2,7-9,11H2,1H3,(H,26,32)(H,30,31)(H,33,34)(H4,24,25,27,28)/t13?,17-/m1/s1. The van der Waals surface area contributed by atoms with Crippen molar-refractivity contribution in [2.75, 3.05) is 11.5 Å². The molecular weight excluding hydrogens is 440 g/mol. The molecule has 2 heterocycles. The van der Waals surface area contributed by atoms with Gasteiger partial charge in [-0.05, 0) is 48.9 Å². The Labute approximate surface area is 195 Å². The largest absolute Gasteiger partial charge is 0.481 e. The Hall–Kier alpha value is -4.15. The molecule has 0 saturated carbocycles. The van der Waals surface area contributed by atoms with Gasteiger partial charge >= 0.3 is 11.9 Å². The van der Waals surface area contributed by atoms with Crippen LogP contribution in [-0.2, 0) is 16.1 Å². The van der Waals surface area contributed by atoms with Gasteiger partial charge < -0.3 is 31.6 Å². The van der Waals surface area contributed by atoms with Gasteiger partial charge in [0.15, 0.2) is 5.82 Å². The summed E-state index contributed by atoms with van der Waals surface area (Å²) in [6, 6.07) is 7.56. The van der Waals surface area contributed by atoms with Gasteiger partial charge in [-0.1, -0.05) is 19.1 Å². The monoisotopic (exact) mass is 468 g/mol. The molecular formula is C23H28N6O5. The van der Waals surface area contributed by atoms with Crippen LogP contribution in [0, 0.1) is 0 Å². The third kappa shape index (κ3) is 5.80. The maximum Gasteiger partial charge on any atom is 0.326 e. The number of hydrogen-bond acceptors (Lipinski definition) is 7. The number of nitrogen functional groups attached to an aromatic ring is 2. The summed E-state index contributed by atoms with van der Waals surface area (Å²) in [6.07, 6.45) is 3.04. The summed E-state index contributed by atoms with van der Waals surface area (Å²) in [6.45, 7) is 2.77. The molecule has 1 amide bonds. The highest BCUT2D eigenvalue weighted by molar-refractivity contribution is 5.96. The van der Waals surface area contributed by atoms with Crippen molar-refractivity contribution in [3.63, 3.8) is 0 Å². The first-order valence-electron chi connectivity index (χ1n) is 10.9. The lowest BCUT2D eigenvalue weighted by atomic mass is 9.92. The number of aryl methyl sites for hydroxylation is 1. The van der Waals surface area contributed by atoms with Crippen molar-refractivity contribution in [3.8, 4) is 0 Å². The number of aliphatic carboxylic acids is 2. The second-order valence-corrected chi connectivity index (χ2v) is 8.02. The van der Waals surface area contributed by atoms with Crippen LogP contribution >= 0.6 is 0 Å². The van der Waals surface area contributed by atoms with Gasteiger partial charge in [0.2, 0.25) is 5.95 Å². The number of carboxylic acid groups (broad SMARTS) is 2. The number of aromatic nitrogens is 3. The number of carbonyl (C=O) groups is 3. The molecule has 11 nitrogen and oxygen atoms in total. The number of fused-ring (bicyclic) bond motifs is 1. The number of anilines is 2. The average Bonchev–Trinajstić information content (AvgIpc) is 3.20. The highest BCUT2D eigenvalue weighted by Crippen LogP contribution is 2.27. The zero-order chi connectivity index (χ0) is 24.8. The molecule has 2 aromatic heterocycles. The van der Waals surface area contributed by atoms with E-state index >= 15 is 0 Å². The molecule has 1 aromatic carbocycles. The van der Waals surface area contributed by atoms with Crippen molar-refractivity contribution in [1.82, 2.24) is 19.9 Å². The van der Waals surface area contributed by atoms with E-state index < -0.39 is 23.9 Å². The van der Waals surface area contributed by atoms with Gasteiger partial charge in [-0.2, -0.15) is 4.98 Å². The lowest BCUT2D eigenvalue weighted by Gasteiger charge is -2.17. The van der Waals surface area contributed by atoms with E-state index in [4.69, 9.17) is 16.6 Å². The molecule has 3 aromatic rings. The highest BCUT2D eigenvalue weighted by Gasteiger charge is 2.22. The van der Waals surface area contributed by atoms with Gasteiger partial charge in [-0.25, -0.2) is 9.78 Å². The van der Waals surface area contributed by atoms with Crippen LogP contribution in [0.3, 0.4) is 0 Å². The van der Waals surface area contributed by atoms with Crippen LogP contribution in [0.15, 0.2) is 36.5 Å². The summed E-state index contributed by atoms with van der Waals surface area (Å²) in [4.78, 5) is 42.7. The van der Waals surface area contributed by atoms with Crippen LogP contribution in [-0.4, -0.2) is 48.6 Å². The molecule has 0 aliphatic heterocycles. The van der Waals surface area contributed by atoms with E-state index in [0.29, 0.717) is 23.4 Å². The maximum absolute atomic E-state index is 12.5. The highest BCUT2D eigenvalue weighted by atomic mass is 16.4. The maximum atomic E-state index is 12.5. The Kier molecular flexibility index (Phi) is 7.67.